The molecule has 1 N–H and O–H groups in total. The van der Waals surface area contributed by atoms with Crippen LogP contribution in [0.4, 0.5) is 0 Å². The first-order valence-electron chi connectivity index (χ1n) is 6.25. The first-order valence-corrected chi connectivity index (χ1v) is 6.25. The third kappa shape index (κ3) is 1.98. The van der Waals surface area contributed by atoms with Gasteiger partial charge in [0.15, 0.2) is 0 Å². The Morgan fingerprint density at radius 2 is 2.12 bits per heavy atom. The van der Waals surface area contributed by atoms with Crippen molar-refractivity contribution in [3.8, 4) is 0 Å². The lowest BCUT2D eigenvalue weighted by Crippen LogP contribution is -2.47. The number of nitrogens with zero attached hydrogens (tertiary/aromatic N) is 1. The molecule has 2 aliphatic rings. The zero-order valence-corrected chi connectivity index (χ0v) is 10.0. The molecular weight excluding hydrogens is 204 g/mol. The molecule has 1 aliphatic carbocycles. The normalized spacial score (nSPS) is 28.4. The minimum absolute atomic E-state index is 0.0174. The van der Waals surface area contributed by atoms with Crippen LogP contribution in [0.5, 0.6) is 0 Å². The van der Waals surface area contributed by atoms with Crippen molar-refractivity contribution in [3.63, 3.8) is 0 Å². The van der Waals surface area contributed by atoms with E-state index in [0.29, 0.717) is 12.5 Å². The molecule has 2 unspecified atom stereocenters. The van der Waals surface area contributed by atoms with Crippen molar-refractivity contribution >= 4 is 11.8 Å². The van der Waals surface area contributed by atoms with E-state index >= 15 is 0 Å². The molecule has 0 spiro atoms. The van der Waals surface area contributed by atoms with Crippen molar-refractivity contribution in [2.75, 3.05) is 0 Å². The monoisotopic (exact) mass is 224 g/mol. The van der Waals surface area contributed by atoms with Crippen LogP contribution in [0, 0.1) is 0 Å². The molecule has 2 rings (SSSR count). The van der Waals surface area contributed by atoms with Crippen LogP contribution >= 0.6 is 0 Å². The Morgan fingerprint density at radius 3 is 2.62 bits per heavy atom. The van der Waals surface area contributed by atoms with E-state index < -0.39 is 0 Å². The summed E-state index contributed by atoms with van der Waals surface area (Å²) in [5.41, 5.74) is 0. The molecule has 1 saturated carbocycles. The van der Waals surface area contributed by atoms with Gasteiger partial charge < -0.3 is 5.32 Å². The Kier molecular flexibility index (Phi) is 3.28. The molecule has 0 radical (unpaired) electrons. The van der Waals surface area contributed by atoms with E-state index in [0.717, 1.165) is 19.3 Å². The zero-order valence-electron chi connectivity index (χ0n) is 10.0. The Balaban J connectivity index is 1.97. The molecule has 0 bridgehead atoms. The number of carbonyl (C=O) groups excluding carboxylic acids is 2. The summed E-state index contributed by atoms with van der Waals surface area (Å²) >= 11 is 0. The van der Waals surface area contributed by atoms with E-state index in [1.54, 1.807) is 0 Å². The van der Waals surface area contributed by atoms with Gasteiger partial charge in [-0.15, -0.1) is 0 Å². The maximum absolute atomic E-state index is 12.0. The van der Waals surface area contributed by atoms with Crippen LogP contribution in [0.2, 0.25) is 0 Å². The fourth-order valence-corrected chi connectivity index (χ4v) is 2.29. The van der Waals surface area contributed by atoms with Crippen molar-refractivity contribution in [1.82, 2.24) is 10.2 Å². The summed E-state index contributed by atoms with van der Waals surface area (Å²) in [6.45, 7) is 3.93. The molecule has 2 fully saturated rings. The van der Waals surface area contributed by atoms with Crippen LogP contribution in [-0.2, 0) is 9.59 Å². The Bertz CT molecular complexity index is 299. The molecule has 2 atom stereocenters. The van der Waals surface area contributed by atoms with E-state index in [1.807, 2.05) is 13.8 Å². The van der Waals surface area contributed by atoms with Gasteiger partial charge in [0.25, 0.3) is 0 Å². The van der Waals surface area contributed by atoms with Crippen molar-refractivity contribution in [2.24, 2.45) is 0 Å². The van der Waals surface area contributed by atoms with Crippen LogP contribution < -0.4 is 5.32 Å². The van der Waals surface area contributed by atoms with E-state index in [9.17, 15) is 9.59 Å². The average molecular weight is 224 g/mol. The van der Waals surface area contributed by atoms with Gasteiger partial charge in [-0.2, -0.15) is 0 Å². The Labute approximate surface area is 96.4 Å². The fraction of sp³-hybridized carbons (Fsp3) is 0.833. The molecule has 90 valence electrons. The summed E-state index contributed by atoms with van der Waals surface area (Å²) in [7, 11) is 0. The second kappa shape index (κ2) is 4.53. The number of likely N-dealkylation sites (tertiary alicyclic amines) is 1. The van der Waals surface area contributed by atoms with Crippen molar-refractivity contribution in [1.29, 1.82) is 0 Å². The predicted molar refractivity (Wildman–Crippen MR) is 60.8 cm³/mol. The maximum atomic E-state index is 12.0. The number of hydrogen-bond donors (Lipinski definition) is 1. The van der Waals surface area contributed by atoms with Gasteiger partial charge in [-0.3, -0.25) is 14.5 Å². The number of nitrogens with one attached hydrogen (secondary N) is 1. The van der Waals surface area contributed by atoms with E-state index in [1.165, 1.54) is 11.3 Å². The van der Waals surface area contributed by atoms with E-state index in [2.05, 4.69) is 5.32 Å². The molecular formula is C12H20N2O2. The van der Waals surface area contributed by atoms with Gasteiger partial charge in [-0.1, -0.05) is 13.3 Å². The lowest BCUT2D eigenvalue weighted by Gasteiger charge is -2.29. The van der Waals surface area contributed by atoms with Crippen molar-refractivity contribution in [3.05, 3.63) is 0 Å². The van der Waals surface area contributed by atoms with Gasteiger partial charge in [0.05, 0.1) is 12.5 Å². The molecule has 4 nitrogen and oxygen atoms in total. The minimum Gasteiger partial charge on any atom is -0.303 e. The molecule has 1 aliphatic heterocycles. The number of hydrogen-bond acceptors (Lipinski definition) is 3. The smallest absolute Gasteiger partial charge is 0.247 e. The van der Waals surface area contributed by atoms with Gasteiger partial charge in [-0.25, -0.2) is 0 Å². The third-order valence-electron chi connectivity index (χ3n) is 3.76. The Morgan fingerprint density at radius 1 is 1.44 bits per heavy atom. The van der Waals surface area contributed by atoms with Crippen LogP contribution in [0.15, 0.2) is 0 Å². The average Bonchev–Trinajstić information content (AvgIpc) is 2.47. The zero-order chi connectivity index (χ0) is 11.7. The standard InChI is InChI=1S/C12H20N2O2/c1-3-8(2)14-11(15)7-10(12(14)16)13-9-5-4-6-9/h8-10,13H,3-7H2,1-2H3. The maximum Gasteiger partial charge on any atom is 0.247 e. The quantitative estimate of drug-likeness (QED) is 0.726. The number of amides is 2. The first-order chi connectivity index (χ1) is 7.63. The lowest BCUT2D eigenvalue weighted by molar-refractivity contribution is -0.141. The van der Waals surface area contributed by atoms with Crippen LogP contribution in [0.25, 0.3) is 0 Å². The van der Waals surface area contributed by atoms with Gasteiger partial charge in [0.1, 0.15) is 0 Å². The van der Waals surface area contributed by atoms with E-state index in [4.69, 9.17) is 0 Å². The minimum atomic E-state index is -0.258. The second-order valence-electron chi connectivity index (χ2n) is 4.91. The first kappa shape index (κ1) is 11.6. The summed E-state index contributed by atoms with van der Waals surface area (Å²) in [6.07, 6.45) is 4.69. The second-order valence-corrected chi connectivity index (χ2v) is 4.91. The third-order valence-corrected chi connectivity index (χ3v) is 3.76. The van der Waals surface area contributed by atoms with Gasteiger partial charge in [-0.05, 0) is 26.2 Å². The molecule has 0 aromatic rings. The summed E-state index contributed by atoms with van der Waals surface area (Å²) in [6, 6.07) is 0.235. The fourth-order valence-electron chi connectivity index (χ4n) is 2.29. The molecule has 16 heavy (non-hydrogen) atoms. The van der Waals surface area contributed by atoms with Gasteiger partial charge >= 0.3 is 0 Å². The van der Waals surface area contributed by atoms with Crippen molar-refractivity contribution < 1.29 is 9.59 Å². The molecule has 0 aromatic heterocycles. The highest BCUT2D eigenvalue weighted by Gasteiger charge is 2.41. The van der Waals surface area contributed by atoms with Gasteiger partial charge in [0.2, 0.25) is 11.8 Å². The molecule has 2 amide bonds. The number of rotatable bonds is 4. The summed E-state index contributed by atoms with van der Waals surface area (Å²) < 4.78 is 0. The summed E-state index contributed by atoms with van der Waals surface area (Å²) in [5.74, 6) is -0.0394. The van der Waals surface area contributed by atoms with Crippen LogP contribution in [0.1, 0.15) is 46.0 Å². The summed E-state index contributed by atoms with van der Waals surface area (Å²) in [5, 5.41) is 3.29. The molecule has 1 saturated heterocycles. The van der Waals surface area contributed by atoms with E-state index in [-0.39, 0.29) is 23.9 Å². The number of imide groups is 1. The van der Waals surface area contributed by atoms with Gasteiger partial charge in [0, 0.05) is 12.1 Å². The molecule has 4 heteroatoms. The van der Waals surface area contributed by atoms with Crippen molar-refractivity contribution in [2.45, 2.75) is 64.1 Å². The SMILES string of the molecule is CCC(C)N1C(=O)CC(NC2CCC2)C1=O. The predicted octanol–water partition coefficient (Wildman–Crippen LogP) is 1.05. The lowest BCUT2D eigenvalue weighted by atomic mass is 9.92. The largest absolute Gasteiger partial charge is 0.303 e. The highest BCUT2D eigenvalue weighted by molar-refractivity contribution is 6.05. The summed E-state index contributed by atoms with van der Waals surface area (Å²) in [4.78, 5) is 25.2. The Hall–Kier alpha value is -0.900. The molecule has 0 aromatic carbocycles. The highest BCUT2D eigenvalue weighted by Crippen LogP contribution is 2.23. The highest BCUT2D eigenvalue weighted by atomic mass is 16.2. The topological polar surface area (TPSA) is 49.4 Å². The molecule has 1 heterocycles. The number of carbonyl (C=O) groups is 2. The van der Waals surface area contributed by atoms with Crippen LogP contribution in [0.3, 0.4) is 0 Å². The van der Waals surface area contributed by atoms with Crippen LogP contribution in [-0.4, -0.2) is 34.8 Å².